The van der Waals surface area contributed by atoms with Crippen LogP contribution in [0.3, 0.4) is 0 Å². The molecule has 1 aromatic carbocycles. The third kappa shape index (κ3) is 4.34. The second-order valence-corrected chi connectivity index (χ2v) is 4.59. The third-order valence-corrected chi connectivity index (χ3v) is 3.06. The summed E-state index contributed by atoms with van der Waals surface area (Å²) >= 11 is 0. The van der Waals surface area contributed by atoms with E-state index in [1.165, 1.54) is 0 Å². The van der Waals surface area contributed by atoms with Crippen molar-refractivity contribution in [3.8, 4) is 11.5 Å². The zero-order valence-corrected chi connectivity index (χ0v) is 12.5. The highest BCUT2D eigenvalue weighted by atomic mass is 16.5. The van der Waals surface area contributed by atoms with Gasteiger partial charge in [-0.25, -0.2) is 0 Å². The Balaban J connectivity index is 2.11. The van der Waals surface area contributed by atoms with Crippen molar-refractivity contribution in [2.24, 2.45) is 0 Å². The summed E-state index contributed by atoms with van der Waals surface area (Å²) in [5.41, 5.74) is 0.611. The van der Waals surface area contributed by atoms with Crippen LogP contribution in [-0.4, -0.2) is 44.9 Å². The van der Waals surface area contributed by atoms with E-state index >= 15 is 0 Å². The number of nitrogens with one attached hydrogen (secondary N) is 2. The van der Waals surface area contributed by atoms with E-state index in [0.29, 0.717) is 50.2 Å². The summed E-state index contributed by atoms with van der Waals surface area (Å²) in [4.78, 5) is 12.2. The number of carbonyl (C=O) groups is 1. The largest absolute Gasteiger partial charge is 0.494 e. The summed E-state index contributed by atoms with van der Waals surface area (Å²) in [7, 11) is 0. The predicted octanol–water partition coefficient (Wildman–Crippen LogP) is 1.41. The van der Waals surface area contributed by atoms with Crippen molar-refractivity contribution in [3.05, 3.63) is 18.2 Å². The average molecular weight is 294 g/mol. The van der Waals surface area contributed by atoms with E-state index in [0.717, 1.165) is 0 Å². The molecule has 116 valence electrons. The average Bonchev–Trinajstić information content (AvgIpc) is 2.51. The second-order valence-electron chi connectivity index (χ2n) is 4.59. The molecule has 1 atom stereocenters. The van der Waals surface area contributed by atoms with Gasteiger partial charge in [0.2, 0.25) is 5.91 Å². The van der Waals surface area contributed by atoms with Crippen molar-refractivity contribution < 1.29 is 19.0 Å². The molecule has 1 aromatic rings. The Bertz CT molecular complexity index is 473. The van der Waals surface area contributed by atoms with Crippen LogP contribution in [-0.2, 0) is 9.53 Å². The lowest BCUT2D eigenvalue weighted by Gasteiger charge is -2.23. The van der Waals surface area contributed by atoms with Crippen LogP contribution in [0, 0.1) is 0 Å². The molecular weight excluding hydrogens is 272 g/mol. The van der Waals surface area contributed by atoms with E-state index in [2.05, 4.69) is 10.6 Å². The molecule has 2 N–H and O–H groups in total. The molecule has 0 saturated carbocycles. The summed E-state index contributed by atoms with van der Waals surface area (Å²) in [5.74, 6) is 1.19. The van der Waals surface area contributed by atoms with E-state index in [9.17, 15) is 4.79 Å². The molecule has 0 radical (unpaired) electrons. The maximum atomic E-state index is 12.2. The van der Waals surface area contributed by atoms with E-state index < -0.39 is 0 Å². The number of ether oxygens (including phenoxy) is 3. The van der Waals surface area contributed by atoms with Crippen molar-refractivity contribution in [1.82, 2.24) is 5.32 Å². The molecule has 6 heteroatoms. The van der Waals surface area contributed by atoms with Gasteiger partial charge >= 0.3 is 0 Å². The van der Waals surface area contributed by atoms with Crippen LogP contribution in [0.5, 0.6) is 11.5 Å². The number of amides is 1. The Kier molecular flexibility index (Phi) is 5.83. The smallest absolute Gasteiger partial charge is 0.244 e. The van der Waals surface area contributed by atoms with Crippen molar-refractivity contribution >= 4 is 11.6 Å². The van der Waals surface area contributed by atoms with Gasteiger partial charge < -0.3 is 24.8 Å². The summed E-state index contributed by atoms with van der Waals surface area (Å²) in [6.07, 6.45) is 0. The van der Waals surface area contributed by atoms with Gasteiger partial charge in [0.25, 0.3) is 0 Å². The lowest BCUT2D eigenvalue weighted by Crippen LogP contribution is -2.48. The van der Waals surface area contributed by atoms with Crippen molar-refractivity contribution in [2.75, 3.05) is 38.3 Å². The first-order valence-corrected chi connectivity index (χ1v) is 7.26. The van der Waals surface area contributed by atoms with Gasteiger partial charge in [0.05, 0.1) is 32.1 Å². The SMILES string of the molecule is CCOc1ccc(OCC)c(NC(=O)C2COCCN2)c1. The number of carbonyl (C=O) groups excluding carboxylic acids is 1. The minimum Gasteiger partial charge on any atom is -0.494 e. The quantitative estimate of drug-likeness (QED) is 0.830. The highest BCUT2D eigenvalue weighted by Gasteiger charge is 2.22. The molecule has 2 rings (SSSR count). The molecule has 0 bridgehead atoms. The lowest BCUT2D eigenvalue weighted by molar-refractivity contribution is -0.120. The predicted molar refractivity (Wildman–Crippen MR) is 80.0 cm³/mol. The molecular formula is C15H22N2O4. The number of hydrogen-bond donors (Lipinski definition) is 2. The molecule has 1 aliphatic heterocycles. The number of anilines is 1. The molecule has 1 fully saturated rings. The summed E-state index contributed by atoms with van der Waals surface area (Å²) in [5, 5.41) is 6.00. The van der Waals surface area contributed by atoms with E-state index in [-0.39, 0.29) is 11.9 Å². The third-order valence-electron chi connectivity index (χ3n) is 3.06. The van der Waals surface area contributed by atoms with Gasteiger partial charge in [0.15, 0.2) is 0 Å². The van der Waals surface area contributed by atoms with Gasteiger partial charge in [-0.15, -0.1) is 0 Å². The minimum atomic E-state index is -0.344. The molecule has 0 spiro atoms. The first-order chi connectivity index (χ1) is 10.2. The minimum absolute atomic E-state index is 0.135. The first kappa shape index (κ1) is 15.6. The molecule has 0 aliphatic carbocycles. The maximum Gasteiger partial charge on any atom is 0.244 e. The monoisotopic (exact) mass is 294 g/mol. The van der Waals surface area contributed by atoms with Gasteiger partial charge in [-0.2, -0.15) is 0 Å². The number of morpholine rings is 1. The molecule has 1 aliphatic rings. The maximum absolute atomic E-state index is 12.2. The Morgan fingerprint density at radius 2 is 2.19 bits per heavy atom. The first-order valence-electron chi connectivity index (χ1n) is 7.26. The fourth-order valence-electron chi connectivity index (χ4n) is 2.10. The topological polar surface area (TPSA) is 68.8 Å². The Morgan fingerprint density at radius 3 is 2.86 bits per heavy atom. The van der Waals surface area contributed by atoms with Gasteiger partial charge in [0.1, 0.15) is 17.5 Å². The zero-order chi connectivity index (χ0) is 15.1. The number of rotatable bonds is 6. The fraction of sp³-hybridized carbons (Fsp3) is 0.533. The van der Waals surface area contributed by atoms with Gasteiger partial charge in [-0.05, 0) is 26.0 Å². The Morgan fingerprint density at radius 1 is 1.38 bits per heavy atom. The normalized spacial score (nSPS) is 18.1. The van der Waals surface area contributed by atoms with Crippen LogP contribution in [0.4, 0.5) is 5.69 Å². The Labute approximate surface area is 124 Å². The van der Waals surface area contributed by atoms with E-state index in [4.69, 9.17) is 14.2 Å². The van der Waals surface area contributed by atoms with Crippen LogP contribution in [0.25, 0.3) is 0 Å². The molecule has 6 nitrogen and oxygen atoms in total. The molecule has 1 unspecified atom stereocenters. The molecule has 1 amide bonds. The van der Waals surface area contributed by atoms with Crippen molar-refractivity contribution in [2.45, 2.75) is 19.9 Å². The molecule has 1 heterocycles. The fourth-order valence-corrected chi connectivity index (χ4v) is 2.10. The highest BCUT2D eigenvalue weighted by molar-refractivity contribution is 5.96. The summed E-state index contributed by atoms with van der Waals surface area (Å²) < 4.78 is 16.3. The van der Waals surface area contributed by atoms with E-state index in [1.54, 1.807) is 12.1 Å². The Hall–Kier alpha value is -1.79. The number of hydrogen-bond acceptors (Lipinski definition) is 5. The van der Waals surface area contributed by atoms with Crippen LogP contribution in [0.15, 0.2) is 18.2 Å². The highest BCUT2D eigenvalue weighted by Crippen LogP contribution is 2.29. The van der Waals surface area contributed by atoms with Crippen LogP contribution in [0.1, 0.15) is 13.8 Å². The van der Waals surface area contributed by atoms with Gasteiger partial charge in [-0.3, -0.25) is 4.79 Å². The van der Waals surface area contributed by atoms with Crippen LogP contribution in [0.2, 0.25) is 0 Å². The van der Waals surface area contributed by atoms with Crippen molar-refractivity contribution in [3.63, 3.8) is 0 Å². The molecule has 1 saturated heterocycles. The second kappa shape index (κ2) is 7.85. The van der Waals surface area contributed by atoms with Gasteiger partial charge in [0, 0.05) is 12.6 Å². The van der Waals surface area contributed by atoms with E-state index in [1.807, 2.05) is 19.9 Å². The standard InChI is InChI=1S/C15H22N2O4/c1-3-20-11-5-6-14(21-4-2)12(9-11)17-15(18)13-10-19-8-7-16-13/h5-6,9,13,16H,3-4,7-8,10H2,1-2H3,(H,17,18). The van der Waals surface area contributed by atoms with Crippen LogP contribution >= 0.6 is 0 Å². The molecule has 21 heavy (non-hydrogen) atoms. The molecule has 0 aromatic heterocycles. The zero-order valence-electron chi connectivity index (χ0n) is 12.5. The van der Waals surface area contributed by atoms with Gasteiger partial charge in [-0.1, -0.05) is 0 Å². The summed E-state index contributed by atoms with van der Waals surface area (Å²) in [6.45, 7) is 6.60. The summed E-state index contributed by atoms with van der Waals surface area (Å²) in [6, 6.07) is 5.06. The van der Waals surface area contributed by atoms with Crippen molar-refractivity contribution in [1.29, 1.82) is 0 Å². The number of benzene rings is 1. The lowest BCUT2D eigenvalue weighted by atomic mass is 10.2. The van der Waals surface area contributed by atoms with Crippen LogP contribution < -0.4 is 20.1 Å².